The number of ether oxygens (including phenoxy) is 1. The van der Waals surface area contributed by atoms with E-state index >= 15 is 0 Å². The van der Waals surface area contributed by atoms with Crippen molar-refractivity contribution in [1.82, 2.24) is 16.0 Å². The van der Waals surface area contributed by atoms with Gasteiger partial charge in [0.05, 0.1) is 19.1 Å². The molecule has 9 heteroatoms. The summed E-state index contributed by atoms with van der Waals surface area (Å²) in [6, 6.07) is 14.6. The van der Waals surface area contributed by atoms with Crippen LogP contribution in [0.25, 0.3) is 11.1 Å². The second-order valence-corrected chi connectivity index (χ2v) is 9.19. The zero-order chi connectivity index (χ0) is 25.5. The zero-order valence-corrected chi connectivity index (χ0v) is 20.6. The summed E-state index contributed by atoms with van der Waals surface area (Å²) in [6.45, 7) is 3.63. The van der Waals surface area contributed by atoms with Crippen LogP contribution in [-0.4, -0.2) is 50.6 Å². The minimum atomic E-state index is -0.246. The smallest absolute Gasteiger partial charge is 0.257 e. The van der Waals surface area contributed by atoms with E-state index in [0.717, 1.165) is 55.0 Å². The van der Waals surface area contributed by atoms with Crippen LogP contribution in [0, 0.1) is 5.92 Å². The van der Waals surface area contributed by atoms with E-state index in [0.29, 0.717) is 42.6 Å². The molecule has 0 aliphatic carbocycles. The van der Waals surface area contributed by atoms with Crippen LogP contribution in [-0.2, 0) is 4.74 Å². The minimum absolute atomic E-state index is 0.0961. The number of benzene rings is 2. The molecule has 2 aliphatic heterocycles. The molecule has 0 atom stereocenters. The van der Waals surface area contributed by atoms with Gasteiger partial charge in [-0.3, -0.25) is 19.9 Å². The number of guanidine groups is 1. The highest BCUT2D eigenvalue weighted by atomic mass is 16.5. The van der Waals surface area contributed by atoms with E-state index in [2.05, 4.69) is 26.3 Å². The van der Waals surface area contributed by atoms with Crippen molar-refractivity contribution in [2.45, 2.75) is 19.3 Å². The van der Waals surface area contributed by atoms with Crippen LogP contribution in [0.4, 0.5) is 11.4 Å². The van der Waals surface area contributed by atoms with Gasteiger partial charge >= 0.3 is 0 Å². The van der Waals surface area contributed by atoms with Crippen LogP contribution in [0.5, 0.6) is 0 Å². The van der Waals surface area contributed by atoms with Crippen molar-refractivity contribution in [2.24, 2.45) is 10.9 Å². The predicted octanol–water partition coefficient (Wildman–Crippen LogP) is 3.93. The van der Waals surface area contributed by atoms with Crippen molar-refractivity contribution in [1.29, 1.82) is 0 Å². The molecule has 2 aliphatic rings. The molecule has 0 saturated carbocycles. The topological polar surface area (TPSA) is 117 Å². The second-order valence-electron chi connectivity index (χ2n) is 9.19. The van der Waals surface area contributed by atoms with E-state index < -0.39 is 0 Å². The normalized spacial score (nSPS) is 15.5. The molecule has 37 heavy (non-hydrogen) atoms. The molecule has 5 rings (SSSR count). The van der Waals surface area contributed by atoms with Gasteiger partial charge in [0.1, 0.15) is 0 Å². The lowest BCUT2D eigenvalue weighted by Gasteiger charge is -2.21. The number of furan rings is 1. The Bertz CT molecular complexity index is 1270. The van der Waals surface area contributed by atoms with Gasteiger partial charge in [0, 0.05) is 59.9 Å². The van der Waals surface area contributed by atoms with Crippen molar-refractivity contribution in [3.8, 4) is 11.1 Å². The molecule has 1 saturated heterocycles. The van der Waals surface area contributed by atoms with Crippen molar-refractivity contribution < 1.29 is 18.7 Å². The Morgan fingerprint density at radius 3 is 2.68 bits per heavy atom. The first kappa shape index (κ1) is 24.6. The Labute approximate surface area is 215 Å². The number of anilines is 2. The highest BCUT2D eigenvalue weighted by molar-refractivity contribution is 6.07. The molecular weight excluding hydrogens is 470 g/mol. The van der Waals surface area contributed by atoms with Crippen LogP contribution in [0.15, 0.2) is 70.5 Å². The molecule has 1 aromatic heterocycles. The number of aliphatic imine (C=N–C) groups is 1. The molecule has 2 amide bonds. The van der Waals surface area contributed by atoms with E-state index in [9.17, 15) is 9.59 Å². The van der Waals surface area contributed by atoms with E-state index in [1.807, 2.05) is 36.4 Å². The van der Waals surface area contributed by atoms with Gasteiger partial charge in [-0.2, -0.15) is 0 Å². The third-order valence-electron chi connectivity index (χ3n) is 6.60. The summed E-state index contributed by atoms with van der Waals surface area (Å²) in [5.41, 5.74) is 4.26. The van der Waals surface area contributed by atoms with Gasteiger partial charge < -0.3 is 25.1 Å². The maximum Gasteiger partial charge on any atom is 0.257 e. The van der Waals surface area contributed by atoms with E-state index in [1.165, 1.54) is 0 Å². The molecule has 3 heterocycles. The fraction of sp³-hybridized carbons (Fsp3) is 0.321. The molecule has 1 fully saturated rings. The van der Waals surface area contributed by atoms with Gasteiger partial charge in [0.25, 0.3) is 11.8 Å². The largest absolute Gasteiger partial charge is 0.472 e. The average molecular weight is 502 g/mol. The summed E-state index contributed by atoms with van der Waals surface area (Å²) in [5.74, 6) is 0.751. The number of hydrogen-bond donors (Lipinski definition) is 4. The quantitative estimate of drug-likeness (QED) is 0.372. The Balaban J connectivity index is 1.28. The number of nitrogens with one attached hydrogen (secondary N) is 4. The molecule has 0 bridgehead atoms. The third-order valence-corrected chi connectivity index (χ3v) is 6.60. The first-order chi connectivity index (χ1) is 18.2. The van der Waals surface area contributed by atoms with Crippen LogP contribution in [0.1, 0.15) is 40.0 Å². The molecule has 3 aromatic rings. The monoisotopic (exact) mass is 501 g/mol. The van der Waals surface area contributed by atoms with Crippen molar-refractivity contribution in [3.63, 3.8) is 0 Å². The number of carbonyl (C=O) groups excluding carboxylic acids is 2. The lowest BCUT2D eigenvalue weighted by molar-refractivity contribution is 0.0636. The maximum absolute atomic E-state index is 12.8. The van der Waals surface area contributed by atoms with E-state index in [4.69, 9.17) is 9.15 Å². The minimum Gasteiger partial charge on any atom is -0.472 e. The van der Waals surface area contributed by atoms with Crippen LogP contribution in [0.3, 0.4) is 0 Å². The van der Waals surface area contributed by atoms with Crippen LogP contribution >= 0.6 is 0 Å². The Hall–Kier alpha value is -4.11. The summed E-state index contributed by atoms with van der Waals surface area (Å²) in [5, 5.41) is 12.3. The van der Waals surface area contributed by atoms with Crippen molar-refractivity contribution >= 4 is 29.1 Å². The van der Waals surface area contributed by atoms with Gasteiger partial charge in [-0.1, -0.05) is 6.07 Å². The van der Waals surface area contributed by atoms with Crippen LogP contribution < -0.4 is 21.3 Å². The lowest BCUT2D eigenvalue weighted by Crippen LogP contribution is -2.38. The summed E-state index contributed by atoms with van der Waals surface area (Å²) in [6.07, 6.45) is 6.30. The molecule has 0 unspecified atom stereocenters. The maximum atomic E-state index is 12.8. The van der Waals surface area contributed by atoms with Crippen molar-refractivity contribution in [2.75, 3.05) is 38.2 Å². The fourth-order valence-electron chi connectivity index (χ4n) is 4.53. The molecule has 4 N–H and O–H groups in total. The van der Waals surface area contributed by atoms with Gasteiger partial charge in [0.15, 0.2) is 5.96 Å². The fourth-order valence-corrected chi connectivity index (χ4v) is 4.53. The Morgan fingerprint density at radius 1 is 1.03 bits per heavy atom. The van der Waals surface area contributed by atoms with E-state index in [-0.39, 0.29) is 11.8 Å². The summed E-state index contributed by atoms with van der Waals surface area (Å²) in [7, 11) is 0. The van der Waals surface area contributed by atoms with Gasteiger partial charge in [-0.25, -0.2) is 0 Å². The highest BCUT2D eigenvalue weighted by Crippen LogP contribution is 2.32. The molecular formula is C28H31N5O4. The molecule has 192 valence electrons. The van der Waals surface area contributed by atoms with Gasteiger partial charge in [-0.05, 0) is 67.6 Å². The average Bonchev–Trinajstić information content (AvgIpc) is 3.65. The first-order valence-corrected chi connectivity index (χ1v) is 12.6. The molecule has 0 spiro atoms. The summed E-state index contributed by atoms with van der Waals surface area (Å²) >= 11 is 0. The number of rotatable bonds is 8. The standard InChI is InChI=1S/C28H31N5O4/c34-26(29-10-6-19-7-13-36-14-8-19)20-2-1-3-23(16-20)32-25-5-4-21(17-24(25)22-9-15-37-18-22)27(35)33-28-30-11-12-31-28/h1-5,9,15-19,32H,6-8,10-14H2,(H,29,34)(H2,30,31,33,35). The Kier molecular flexibility index (Phi) is 7.81. The van der Waals surface area contributed by atoms with Gasteiger partial charge in [-0.15, -0.1) is 0 Å². The lowest BCUT2D eigenvalue weighted by atomic mass is 9.97. The van der Waals surface area contributed by atoms with E-state index in [1.54, 1.807) is 24.7 Å². The summed E-state index contributed by atoms with van der Waals surface area (Å²) < 4.78 is 10.7. The number of amides is 2. The highest BCUT2D eigenvalue weighted by Gasteiger charge is 2.17. The Morgan fingerprint density at radius 2 is 1.89 bits per heavy atom. The predicted molar refractivity (Wildman–Crippen MR) is 142 cm³/mol. The molecule has 0 radical (unpaired) electrons. The summed E-state index contributed by atoms with van der Waals surface area (Å²) in [4.78, 5) is 29.8. The number of hydrogen-bond acceptors (Lipinski definition) is 7. The first-order valence-electron chi connectivity index (χ1n) is 12.6. The van der Waals surface area contributed by atoms with Crippen LogP contribution in [0.2, 0.25) is 0 Å². The second kappa shape index (κ2) is 11.7. The molecule has 9 nitrogen and oxygen atoms in total. The SMILES string of the molecule is O=C(NCCC1CCOCC1)c1cccc(Nc2ccc(C(=O)NC3=NCCN3)cc2-c2ccoc2)c1. The number of nitrogens with zero attached hydrogens (tertiary/aromatic N) is 1. The van der Waals surface area contributed by atoms with Gasteiger partial charge in [0.2, 0.25) is 0 Å². The zero-order valence-electron chi connectivity index (χ0n) is 20.6. The van der Waals surface area contributed by atoms with Crippen molar-refractivity contribution in [3.05, 3.63) is 72.2 Å². The number of carbonyl (C=O) groups is 2. The molecule has 2 aromatic carbocycles. The third kappa shape index (κ3) is 6.37.